The van der Waals surface area contributed by atoms with E-state index in [0.29, 0.717) is 29.8 Å². The van der Waals surface area contributed by atoms with Gasteiger partial charge in [-0.25, -0.2) is 19.6 Å². The number of ether oxygens (including phenoxy) is 1. The third-order valence-corrected chi connectivity index (χ3v) is 11.4. The molecule has 0 unspecified atom stereocenters. The minimum absolute atomic E-state index is 0.319. The number of rotatable bonds is 5. The van der Waals surface area contributed by atoms with Crippen LogP contribution in [0.1, 0.15) is 63.1 Å². The number of hydrogen-bond acceptors (Lipinski definition) is 7. The van der Waals surface area contributed by atoms with Crippen LogP contribution in [-0.2, 0) is 26.9 Å². The second-order valence-corrected chi connectivity index (χ2v) is 15.6. The molecule has 0 saturated heterocycles. The quantitative estimate of drug-likeness (QED) is 0.179. The van der Waals surface area contributed by atoms with Gasteiger partial charge in [0.05, 0.1) is 35.4 Å². The first kappa shape index (κ1) is 43.8. The van der Waals surface area contributed by atoms with Crippen molar-refractivity contribution in [2.45, 2.75) is 59.9 Å². The van der Waals surface area contributed by atoms with E-state index in [4.69, 9.17) is 5.73 Å². The van der Waals surface area contributed by atoms with Gasteiger partial charge in [0.2, 0.25) is 0 Å². The van der Waals surface area contributed by atoms with Crippen molar-refractivity contribution in [1.29, 1.82) is 0 Å². The monoisotopic (exact) mass is 858 g/mol. The van der Waals surface area contributed by atoms with Crippen molar-refractivity contribution >= 4 is 23.5 Å². The second kappa shape index (κ2) is 17.6. The van der Waals surface area contributed by atoms with Crippen LogP contribution in [0.5, 0.6) is 5.75 Å². The molecule has 3 N–H and O–H groups in total. The molecular formula is C47H49F3N10O3. The number of benzene rings is 4. The lowest BCUT2D eigenvalue weighted by atomic mass is 9.93. The first-order valence-corrected chi connectivity index (χ1v) is 20.4. The number of carbonyl (C=O) groups is 2. The number of halogens is 3. The smallest absolute Gasteiger partial charge is 0.406 e. The number of aromatic nitrogens is 4. The van der Waals surface area contributed by atoms with Gasteiger partial charge in [0.15, 0.2) is 0 Å². The molecule has 326 valence electrons. The van der Waals surface area contributed by atoms with E-state index in [1.807, 2.05) is 106 Å². The van der Waals surface area contributed by atoms with Crippen molar-refractivity contribution in [1.82, 2.24) is 34.9 Å². The van der Waals surface area contributed by atoms with Crippen LogP contribution in [0, 0.1) is 27.7 Å². The summed E-state index contributed by atoms with van der Waals surface area (Å²) in [4.78, 5) is 24.3. The standard InChI is InChI=1S/C25H26F3N5O2.C22H23N5O/c1-14-12-19-10-11-20(35-25(26,27)28)13-21(19)23(31-33(14)24(34)29-4)18-8-6-17(7-9-18)22-15(2)30-32(5)16(22)3;1-14-20(15(2)26(3)24-14)17-8-10-18(11-9-17)21-19-7-5-4-6-16(19)12-13-27(25-21)22(23)28/h6-11,13-14H,12H2,1-5H3,(H,29,34);4-11H,12-13H2,1-3H3,(H2,23,28)/t14-;/m0./s1. The number of alkyl halides is 3. The number of carbonyl (C=O) groups excluding carboxylic acids is 2. The summed E-state index contributed by atoms with van der Waals surface area (Å²) in [6, 6.07) is 26.8. The average Bonchev–Trinajstić information content (AvgIpc) is 3.48. The first-order chi connectivity index (χ1) is 29.9. The summed E-state index contributed by atoms with van der Waals surface area (Å²) in [6.07, 6.45) is -3.69. The van der Waals surface area contributed by atoms with Crippen LogP contribution < -0.4 is 15.8 Å². The lowest BCUT2D eigenvalue weighted by molar-refractivity contribution is -0.274. The van der Waals surface area contributed by atoms with E-state index in [-0.39, 0.29) is 11.8 Å². The molecule has 0 radical (unpaired) electrons. The number of primary amides is 1. The zero-order valence-electron chi connectivity index (χ0n) is 36.4. The van der Waals surface area contributed by atoms with Gasteiger partial charge in [-0.1, -0.05) is 78.9 Å². The Bertz CT molecular complexity index is 2750. The Labute approximate surface area is 363 Å². The molecule has 4 amide bonds. The normalized spacial score (nSPS) is 14.9. The maximum Gasteiger partial charge on any atom is 0.573 e. The first-order valence-electron chi connectivity index (χ1n) is 20.4. The molecule has 0 aliphatic carbocycles. The van der Waals surface area contributed by atoms with Crippen molar-refractivity contribution in [2.75, 3.05) is 13.6 Å². The van der Waals surface area contributed by atoms with E-state index in [9.17, 15) is 22.8 Å². The molecule has 63 heavy (non-hydrogen) atoms. The summed E-state index contributed by atoms with van der Waals surface area (Å²) in [5.74, 6) is -0.344. The topological polar surface area (TPSA) is 148 Å². The summed E-state index contributed by atoms with van der Waals surface area (Å²) < 4.78 is 46.6. The highest BCUT2D eigenvalue weighted by atomic mass is 19.4. The van der Waals surface area contributed by atoms with E-state index in [1.165, 1.54) is 29.2 Å². The van der Waals surface area contributed by atoms with Crippen molar-refractivity contribution in [3.8, 4) is 28.0 Å². The molecule has 0 bridgehead atoms. The summed E-state index contributed by atoms with van der Waals surface area (Å²) in [5.41, 5.74) is 20.0. The van der Waals surface area contributed by atoms with Crippen LogP contribution in [0.3, 0.4) is 0 Å². The predicted octanol–water partition coefficient (Wildman–Crippen LogP) is 8.33. The molecule has 2 aromatic heterocycles. The van der Waals surface area contributed by atoms with Gasteiger partial charge in [0.1, 0.15) is 5.75 Å². The number of nitrogens with zero attached hydrogens (tertiary/aromatic N) is 8. The van der Waals surface area contributed by atoms with Gasteiger partial charge < -0.3 is 15.8 Å². The zero-order chi connectivity index (χ0) is 45.3. The Morgan fingerprint density at radius 1 is 0.730 bits per heavy atom. The van der Waals surface area contributed by atoms with Crippen molar-refractivity contribution in [3.05, 3.63) is 147 Å². The van der Waals surface area contributed by atoms with Gasteiger partial charge in [0.25, 0.3) is 0 Å². The van der Waals surface area contributed by atoms with E-state index >= 15 is 0 Å². The molecule has 0 saturated carbocycles. The Morgan fingerprint density at radius 2 is 1.25 bits per heavy atom. The average molecular weight is 859 g/mol. The maximum absolute atomic E-state index is 12.9. The summed E-state index contributed by atoms with van der Waals surface area (Å²) in [5, 5.41) is 23.4. The third-order valence-electron chi connectivity index (χ3n) is 11.4. The Kier molecular flexibility index (Phi) is 12.3. The molecule has 0 spiro atoms. The predicted molar refractivity (Wildman–Crippen MR) is 237 cm³/mol. The van der Waals surface area contributed by atoms with Crippen LogP contribution in [0.25, 0.3) is 22.3 Å². The molecule has 2 aliphatic heterocycles. The molecular weight excluding hydrogens is 810 g/mol. The van der Waals surface area contributed by atoms with Gasteiger partial charge in [0, 0.05) is 65.9 Å². The van der Waals surface area contributed by atoms with Gasteiger partial charge in [-0.15, -0.1) is 13.2 Å². The fourth-order valence-electron chi connectivity index (χ4n) is 8.15. The Balaban J connectivity index is 0.000000193. The van der Waals surface area contributed by atoms with Crippen molar-refractivity contribution in [3.63, 3.8) is 0 Å². The molecule has 1 atom stereocenters. The highest BCUT2D eigenvalue weighted by Crippen LogP contribution is 2.33. The molecule has 4 heterocycles. The Morgan fingerprint density at radius 3 is 1.75 bits per heavy atom. The molecule has 6 aromatic rings. The minimum Gasteiger partial charge on any atom is -0.406 e. The van der Waals surface area contributed by atoms with Crippen LogP contribution in [0.15, 0.2) is 101 Å². The number of hydrogen-bond donors (Lipinski definition) is 2. The van der Waals surface area contributed by atoms with Crippen molar-refractivity contribution < 1.29 is 27.5 Å². The Hall–Kier alpha value is -7.23. The molecule has 13 nitrogen and oxygen atoms in total. The number of nitrogens with one attached hydrogen (secondary N) is 1. The maximum atomic E-state index is 12.9. The second-order valence-electron chi connectivity index (χ2n) is 15.6. The zero-order valence-corrected chi connectivity index (χ0v) is 36.4. The summed E-state index contributed by atoms with van der Waals surface area (Å²) in [7, 11) is 5.34. The molecule has 8 rings (SSSR count). The molecule has 16 heteroatoms. The van der Waals surface area contributed by atoms with E-state index < -0.39 is 18.4 Å². The lowest BCUT2D eigenvalue weighted by Gasteiger charge is -2.22. The number of fused-ring (bicyclic) bond motifs is 2. The number of hydrazone groups is 2. The van der Waals surface area contributed by atoms with Gasteiger partial charge in [-0.3, -0.25) is 9.36 Å². The fraction of sp³-hybridized carbons (Fsp3) is 0.277. The molecule has 0 fully saturated rings. The number of nitrogens with two attached hydrogens (primary N) is 1. The van der Waals surface area contributed by atoms with Crippen LogP contribution in [0.4, 0.5) is 22.8 Å². The molecule has 4 aromatic carbocycles. The van der Waals surface area contributed by atoms with Crippen LogP contribution >= 0.6 is 0 Å². The number of amides is 4. The summed E-state index contributed by atoms with van der Waals surface area (Å²) >= 11 is 0. The highest BCUT2D eigenvalue weighted by Gasteiger charge is 2.33. The van der Waals surface area contributed by atoms with E-state index in [1.54, 1.807) is 6.07 Å². The van der Waals surface area contributed by atoms with Crippen LogP contribution in [0.2, 0.25) is 0 Å². The number of urea groups is 2. The van der Waals surface area contributed by atoms with Gasteiger partial charge >= 0.3 is 18.4 Å². The van der Waals surface area contributed by atoms with Crippen molar-refractivity contribution in [2.24, 2.45) is 30.0 Å². The minimum atomic E-state index is -4.82. The van der Waals surface area contributed by atoms with E-state index in [2.05, 4.69) is 55.6 Å². The lowest BCUT2D eigenvalue weighted by Crippen LogP contribution is -2.41. The molecule has 2 aliphatic rings. The fourth-order valence-corrected chi connectivity index (χ4v) is 8.15. The summed E-state index contributed by atoms with van der Waals surface area (Å²) in [6.45, 7) is 10.3. The highest BCUT2D eigenvalue weighted by molar-refractivity contribution is 6.15. The van der Waals surface area contributed by atoms with Crippen LogP contribution in [-0.4, -0.2) is 79.1 Å². The number of aryl methyl sites for hydroxylation is 4. The van der Waals surface area contributed by atoms with Gasteiger partial charge in [-0.2, -0.15) is 20.4 Å². The van der Waals surface area contributed by atoms with Gasteiger partial charge in [-0.05, 0) is 81.8 Å². The van der Waals surface area contributed by atoms with E-state index in [0.717, 1.165) is 79.4 Å². The largest absolute Gasteiger partial charge is 0.573 e. The third kappa shape index (κ3) is 9.20. The SMILES string of the molecule is CNC(=O)N1N=C(c2ccc(-c3c(C)nn(C)c3C)cc2)c2cc(OC(F)(F)F)ccc2C[C@@H]1C.Cc1nn(C)c(C)c1-c1ccc(C2=NN(C(N)=O)CCc3ccccc32)cc1.